The molecule has 2 unspecified atom stereocenters. The molecule has 0 aliphatic carbocycles. The molecule has 164 valence electrons. The van der Waals surface area contributed by atoms with Crippen LogP contribution in [-0.4, -0.2) is 32.5 Å². The fourth-order valence-corrected chi connectivity index (χ4v) is 6.00. The minimum Gasteiger partial charge on any atom is -0.376 e. The van der Waals surface area contributed by atoms with E-state index >= 15 is 0 Å². The first kappa shape index (κ1) is 22.8. The van der Waals surface area contributed by atoms with Gasteiger partial charge >= 0.3 is 6.18 Å². The van der Waals surface area contributed by atoms with Gasteiger partial charge in [0.05, 0.1) is 34.5 Å². The average molecular weight is 442 g/mol. The first-order valence-corrected chi connectivity index (χ1v) is 11.3. The van der Waals surface area contributed by atoms with Crippen LogP contribution in [0.5, 0.6) is 0 Å². The number of alkyl halides is 3. The standard InChI is InChI=1S/C22H25F3O4S/c1-2-21(30(26,27)20-10-6-9-18(13-20)22(23,24)25)11-12-29-19(14-21)16-28-15-17-7-4-3-5-8-17/h3-10,13,19H,2,11-12,14-16H2,1H3. The van der Waals surface area contributed by atoms with Crippen molar-refractivity contribution < 1.29 is 31.1 Å². The number of hydrogen-bond acceptors (Lipinski definition) is 4. The molecule has 2 aromatic rings. The van der Waals surface area contributed by atoms with Gasteiger partial charge < -0.3 is 9.47 Å². The Hall–Kier alpha value is -1.90. The largest absolute Gasteiger partial charge is 0.416 e. The van der Waals surface area contributed by atoms with E-state index in [0.29, 0.717) is 6.61 Å². The summed E-state index contributed by atoms with van der Waals surface area (Å²) in [5, 5.41) is 0. The second-order valence-electron chi connectivity index (χ2n) is 7.51. The summed E-state index contributed by atoms with van der Waals surface area (Å²) < 4.78 is 76.3. The van der Waals surface area contributed by atoms with Crippen molar-refractivity contribution >= 4 is 9.84 Å². The molecule has 30 heavy (non-hydrogen) atoms. The van der Waals surface area contributed by atoms with E-state index < -0.39 is 32.4 Å². The van der Waals surface area contributed by atoms with Crippen LogP contribution in [0.2, 0.25) is 0 Å². The van der Waals surface area contributed by atoms with Crippen molar-refractivity contribution in [2.24, 2.45) is 0 Å². The summed E-state index contributed by atoms with van der Waals surface area (Å²) >= 11 is 0. The van der Waals surface area contributed by atoms with Crippen LogP contribution in [-0.2, 0) is 32.1 Å². The third-order valence-electron chi connectivity index (χ3n) is 5.61. The van der Waals surface area contributed by atoms with Crippen molar-refractivity contribution in [3.63, 3.8) is 0 Å². The van der Waals surface area contributed by atoms with Crippen molar-refractivity contribution in [1.29, 1.82) is 0 Å². The number of sulfone groups is 1. The highest BCUT2D eigenvalue weighted by Crippen LogP contribution is 2.41. The lowest BCUT2D eigenvalue weighted by atomic mass is 9.92. The van der Waals surface area contributed by atoms with Gasteiger partial charge in [-0.25, -0.2) is 8.42 Å². The zero-order chi connectivity index (χ0) is 21.8. The molecule has 1 fully saturated rings. The number of benzene rings is 2. The molecule has 2 aromatic carbocycles. The maximum absolute atomic E-state index is 13.4. The van der Waals surface area contributed by atoms with Gasteiger partial charge in [0.1, 0.15) is 0 Å². The lowest BCUT2D eigenvalue weighted by Gasteiger charge is -2.39. The summed E-state index contributed by atoms with van der Waals surface area (Å²) in [7, 11) is -4.00. The number of rotatable bonds is 7. The Morgan fingerprint density at radius 3 is 2.53 bits per heavy atom. The third kappa shape index (κ3) is 4.87. The van der Waals surface area contributed by atoms with E-state index in [9.17, 15) is 21.6 Å². The maximum atomic E-state index is 13.4. The van der Waals surface area contributed by atoms with Crippen LogP contribution in [0.25, 0.3) is 0 Å². The lowest BCUT2D eigenvalue weighted by molar-refractivity contribution is -0.137. The number of ether oxygens (including phenoxy) is 2. The Morgan fingerprint density at radius 1 is 1.13 bits per heavy atom. The van der Waals surface area contributed by atoms with E-state index in [-0.39, 0.29) is 37.4 Å². The monoisotopic (exact) mass is 442 g/mol. The average Bonchev–Trinajstić information content (AvgIpc) is 2.74. The zero-order valence-corrected chi connectivity index (χ0v) is 17.5. The topological polar surface area (TPSA) is 52.6 Å². The molecule has 4 nitrogen and oxygen atoms in total. The molecule has 8 heteroatoms. The first-order valence-electron chi connectivity index (χ1n) is 9.83. The molecule has 0 spiro atoms. The van der Waals surface area contributed by atoms with Gasteiger partial charge in [-0.3, -0.25) is 0 Å². The van der Waals surface area contributed by atoms with E-state index in [1.54, 1.807) is 6.92 Å². The molecule has 0 amide bonds. The highest BCUT2D eigenvalue weighted by molar-refractivity contribution is 7.92. The Kier molecular flexibility index (Phi) is 6.89. The van der Waals surface area contributed by atoms with Crippen LogP contribution in [0.3, 0.4) is 0 Å². The predicted octanol–water partition coefficient (Wildman–Crippen LogP) is 5.02. The molecule has 1 aliphatic heterocycles. The molecule has 1 aliphatic rings. The van der Waals surface area contributed by atoms with Gasteiger partial charge in [0, 0.05) is 6.61 Å². The third-order valence-corrected chi connectivity index (χ3v) is 8.29. The van der Waals surface area contributed by atoms with E-state index in [4.69, 9.17) is 9.47 Å². The van der Waals surface area contributed by atoms with Gasteiger partial charge in [-0.1, -0.05) is 43.3 Å². The quantitative estimate of drug-likeness (QED) is 0.604. The highest BCUT2D eigenvalue weighted by atomic mass is 32.2. The molecular formula is C22H25F3O4S. The Balaban J connectivity index is 1.76. The van der Waals surface area contributed by atoms with Gasteiger partial charge in [-0.05, 0) is 43.0 Å². The molecular weight excluding hydrogens is 417 g/mol. The van der Waals surface area contributed by atoms with Crippen LogP contribution in [0.1, 0.15) is 37.3 Å². The van der Waals surface area contributed by atoms with Crippen molar-refractivity contribution in [1.82, 2.24) is 0 Å². The molecule has 1 heterocycles. The summed E-state index contributed by atoms with van der Waals surface area (Å²) in [6, 6.07) is 13.5. The summed E-state index contributed by atoms with van der Waals surface area (Å²) in [6.07, 6.45) is -4.35. The van der Waals surface area contributed by atoms with Gasteiger partial charge in [0.15, 0.2) is 9.84 Å². The Morgan fingerprint density at radius 2 is 1.87 bits per heavy atom. The molecule has 0 aromatic heterocycles. The molecule has 0 N–H and O–H groups in total. The molecule has 0 bridgehead atoms. The summed E-state index contributed by atoms with van der Waals surface area (Å²) in [6.45, 7) is 2.55. The van der Waals surface area contributed by atoms with E-state index in [0.717, 1.165) is 23.8 Å². The Labute approximate surface area is 174 Å². The van der Waals surface area contributed by atoms with Gasteiger partial charge in [-0.2, -0.15) is 13.2 Å². The van der Waals surface area contributed by atoms with Crippen LogP contribution in [0.4, 0.5) is 13.2 Å². The van der Waals surface area contributed by atoms with Crippen LogP contribution < -0.4 is 0 Å². The SMILES string of the molecule is CCC1(S(=O)(=O)c2cccc(C(F)(F)F)c2)CCOC(COCc2ccccc2)C1. The number of halogens is 3. The van der Waals surface area contributed by atoms with E-state index in [1.165, 1.54) is 6.07 Å². The van der Waals surface area contributed by atoms with Crippen LogP contribution in [0.15, 0.2) is 59.5 Å². The second-order valence-corrected chi connectivity index (χ2v) is 9.86. The van der Waals surface area contributed by atoms with Crippen molar-refractivity contribution in [2.45, 2.75) is 54.7 Å². The van der Waals surface area contributed by atoms with Crippen molar-refractivity contribution in [2.75, 3.05) is 13.2 Å². The summed E-state index contributed by atoms with van der Waals surface area (Å²) in [4.78, 5) is -0.301. The Bertz CT molecular complexity index is 944. The molecule has 0 radical (unpaired) electrons. The predicted molar refractivity (Wildman–Crippen MR) is 107 cm³/mol. The lowest BCUT2D eigenvalue weighted by Crippen LogP contribution is -2.47. The summed E-state index contributed by atoms with van der Waals surface area (Å²) in [5.74, 6) is 0. The normalized spacial score (nSPS) is 22.7. The van der Waals surface area contributed by atoms with Crippen LogP contribution in [0, 0.1) is 0 Å². The van der Waals surface area contributed by atoms with Crippen molar-refractivity contribution in [3.8, 4) is 0 Å². The highest BCUT2D eigenvalue weighted by Gasteiger charge is 2.47. The van der Waals surface area contributed by atoms with Gasteiger partial charge in [-0.15, -0.1) is 0 Å². The van der Waals surface area contributed by atoms with E-state index in [2.05, 4.69) is 0 Å². The smallest absolute Gasteiger partial charge is 0.376 e. The summed E-state index contributed by atoms with van der Waals surface area (Å²) in [5.41, 5.74) is 0.0243. The van der Waals surface area contributed by atoms with Crippen LogP contribution >= 0.6 is 0 Å². The fourth-order valence-electron chi connectivity index (χ4n) is 3.82. The van der Waals surface area contributed by atoms with Gasteiger partial charge in [0.2, 0.25) is 0 Å². The number of hydrogen-bond donors (Lipinski definition) is 0. The molecule has 3 rings (SSSR count). The zero-order valence-electron chi connectivity index (χ0n) is 16.7. The minimum atomic E-state index is -4.60. The molecule has 0 saturated carbocycles. The van der Waals surface area contributed by atoms with Crippen molar-refractivity contribution in [3.05, 3.63) is 65.7 Å². The molecule has 2 atom stereocenters. The van der Waals surface area contributed by atoms with Gasteiger partial charge in [0.25, 0.3) is 0 Å². The minimum absolute atomic E-state index is 0.177. The molecule has 1 saturated heterocycles. The van der Waals surface area contributed by atoms with E-state index in [1.807, 2.05) is 30.3 Å². The maximum Gasteiger partial charge on any atom is 0.416 e. The first-order chi connectivity index (χ1) is 14.2. The second kappa shape index (κ2) is 9.08. The fraction of sp³-hybridized carbons (Fsp3) is 0.455.